The van der Waals surface area contributed by atoms with Crippen molar-refractivity contribution in [2.24, 2.45) is 16.7 Å². The average Bonchev–Trinajstić information content (AvgIpc) is 2.56. The average molecular weight is 407 g/mol. The quantitative estimate of drug-likeness (QED) is 0.510. The minimum absolute atomic E-state index is 0.0308. The van der Waals surface area contributed by atoms with E-state index in [1.807, 2.05) is 19.9 Å². The van der Waals surface area contributed by atoms with Crippen molar-refractivity contribution in [2.45, 2.75) is 92.8 Å². The number of esters is 2. The molecule has 0 saturated heterocycles. The standard InChI is InChI=1S/C24H38O5/c1-15(11-14-28-17(3)25)9-10-19-16(2)21(29-18(4)26)20(27)22-23(5,6)12-8-13-24(19,22)7/h11,20-22,27H,8-10,12-14H2,1-7H3/b15-11-/t20-,21+,22?,24-/m1/s1. The molecule has 0 spiro atoms. The summed E-state index contributed by atoms with van der Waals surface area (Å²) in [6.45, 7) is 13.9. The van der Waals surface area contributed by atoms with Gasteiger partial charge in [0.25, 0.3) is 0 Å². The van der Waals surface area contributed by atoms with Crippen molar-refractivity contribution >= 4 is 11.9 Å². The number of carbonyl (C=O) groups excluding carboxylic acids is 2. The molecule has 0 aromatic heterocycles. The molecule has 0 aliphatic heterocycles. The van der Waals surface area contributed by atoms with Crippen molar-refractivity contribution in [3.63, 3.8) is 0 Å². The number of aliphatic hydroxyl groups excluding tert-OH is 1. The maximum absolute atomic E-state index is 11.7. The third-order valence-corrected chi connectivity index (χ3v) is 7.07. The highest BCUT2D eigenvalue weighted by molar-refractivity contribution is 5.67. The highest BCUT2D eigenvalue weighted by Crippen LogP contribution is 2.60. The number of hydrogen-bond acceptors (Lipinski definition) is 5. The van der Waals surface area contributed by atoms with Crippen LogP contribution in [0.3, 0.4) is 0 Å². The van der Waals surface area contributed by atoms with Gasteiger partial charge in [-0.05, 0) is 62.0 Å². The minimum atomic E-state index is -0.691. The molecule has 0 bridgehead atoms. The van der Waals surface area contributed by atoms with Gasteiger partial charge in [0.05, 0.1) is 6.10 Å². The molecule has 0 radical (unpaired) electrons. The number of carbonyl (C=O) groups is 2. The molecular formula is C24H38O5. The molecule has 5 heteroatoms. The zero-order valence-corrected chi connectivity index (χ0v) is 19.1. The molecule has 2 aliphatic carbocycles. The van der Waals surface area contributed by atoms with Crippen LogP contribution in [-0.4, -0.2) is 35.9 Å². The molecule has 2 aliphatic rings. The summed E-state index contributed by atoms with van der Waals surface area (Å²) in [4.78, 5) is 22.7. The van der Waals surface area contributed by atoms with Crippen LogP contribution in [0.4, 0.5) is 0 Å². The predicted molar refractivity (Wildman–Crippen MR) is 113 cm³/mol. The Morgan fingerprint density at radius 3 is 2.38 bits per heavy atom. The monoisotopic (exact) mass is 406 g/mol. The molecule has 0 amide bonds. The van der Waals surface area contributed by atoms with E-state index in [-0.39, 0.29) is 28.7 Å². The molecule has 5 nitrogen and oxygen atoms in total. The fourth-order valence-electron chi connectivity index (χ4n) is 5.86. The molecular weight excluding hydrogens is 368 g/mol. The first-order valence-corrected chi connectivity index (χ1v) is 10.7. The lowest BCUT2D eigenvalue weighted by Gasteiger charge is -2.58. The lowest BCUT2D eigenvalue weighted by Crippen LogP contribution is -2.57. The smallest absolute Gasteiger partial charge is 0.303 e. The highest BCUT2D eigenvalue weighted by atomic mass is 16.6. The molecule has 29 heavy (non-hydrogen) atoms. The van der Waals surface area contributed by atoms with Gasteiger partial charge in [0.1, 0.15) is 12.7 Å². The van der Waals surface area contributed by atoms with Crippen molar-refractivity contribution in [2.75, 3.05) is 6.61 Å². The van der Waals surface area contributed by atoms with Crippen LogP contribution in [-0.2, 0) is 19.1 Å². The molecule has 164 valence electrons. The molecule has 2 rings (SSSR count). The van der Waals surface area contributed by atoms with E-state index in [0.29, 0.717) is 6.61 Å². The SMILES string of the molecule is CC(=O)OC/C=C(/C)CCC1=C(C)[C@H](OC(C)=O)[C@@H](O)C2C(C)(C)CCC[C@]12C. The Bertz CT molecular complexity index is 702. The van der Waals surface area contributed by atoms with Gasteiger partial charge in [-0.15, -0.1) is 0 Å². The van der Waals surface area contributed by atoms with E-state index >= 15 is 0 Å². The molecule has 1 unspecified atom stereocenters. The van der Waals surface area contributed by atoms with Gasteiger partial charge < -0.3 is 14.6 Å². The van der Waals surface area contributed by atoms with Crippen molar-refractivity contribution in [3.8, 4) is 0 Å². The predicted octanol–water partition coefficient (Wildman–Crippen LogP) is 4.73. The molecule has 1 N–H and O–H groups in total. The first kappa shape index (κ1) is 23.7. The van der Waals surface area contributed by atoms with Gasteiger partial charge in [-0.1, -0.05) is 38.3 Å². The van der Waals surface area contributed by atoms with E-state index < -0.39 is 12.2 Å². The van der Waals surface area contributed by atoms with Gasteiger partial charge in [-0.25, -0.2) is 0 Å². The molecule has 0 heterocycles. The zero-order chi connectivity index (χ0) is 22.0. The van der Waals surface area contributed by atoms with Gasteiger partial charge in [0.15, 0.2) is 0 Å². The van der Waals surface area contributed by atoms with Crippen molar-refractivity contribution in [3.05, 3.63) is 22.8 Å². The van der Waals surface area contributed by atoms with Crippen LogP contribution in [0.5, 0.6) is 0 Å². The molecule has 0 aromatic carbocycles. The van der Waals surface area contributed by atoms with Crippen molar-refractivity contribution in [1.29, 1.82) is 0 Å². The van der Waals surface area contributed by atoms with Crippen LogP contribution in [0.25, 0.3) is 0 Å². The second-order valence-corrected chi connectivity index (χ2v) is 9.77. The fourth-order valence-corrected chi connectivity index (χ4v) is 5.86. The summed E-state index contributed by atoms with van der Waals surface area (Å²) in [5.74, 6) is -0.600. The second kappa shape index (κ2) is 9.03. The van der Waals surface area contributed by atoms with E-state index in [0.717, 1.165) is 43.3 Å². The van der Waals surface area contributed by atoms with Gasteiger partial charge in [-0.3, -0.25) is 9.59 Å². The Morgan fingerprint density at radius 1 is 1.14 bits per heavy atom. The lowest BCUT2D eigenvalue weighted by molar-refractivity contribution is -0.164. The topological polar surface area (TPSA) is 72.8 Å². The Hall–Kier alpha value is -1.62. The lowest BCUT2D eigenvalue weighted by atomic mass is 9.48. The van der Waals surface area contributed by atoms with Gasteiger partial charge in [0, 0.05) is 19.8 Å². The van der Waals surface area contributed by atoms with Crippen molar-refractivity contribution < 1.29 is 24.2 Å². The number of hydrogen-bond donors (Lipinski definition) is 1. The fraction of sp³-hybridized carbons (Fsp3) is 0.750. The van der Waals surface area contributed by atoms with Gasteiger partial charge >= 0.3 is 11.9 Å². The first-order chi connectivity index (χ1) is 13.4. The first-order valence-electron chi connectivity index (χ1n) is 10.7. The van der Waals surface area contributed by atoms with Crippen LogP contribution in [0.1, 0.15) is 80.6 Å². The Morgan fingerprint density at radius 2 is 1.79 bits per heavy atom. The summed E-state index contributed by atoms with van der Waals surface area (Å²) >= 11 is 0. The minimum Gasteiger partial charge on any atom is -0.462 e. The van der Waals surface area contributed by atoms with E-state index in [1.165, 1.54) is 19.4 Å². The largest absolute Gasteiger partial charge is 0.462 e. The Balaban J connectivity index is 2.35. The van der Waals surface area contributed by atoms with E-state index in [9.17, 15) is 14.7 Å². The molecule has 1 fully saturated rings. The van der Waals surface area contributed by atoms with Crippen LogP contribution >= 0.6 is 0 Å². The van der Waals surface area contributed by atoms with Gasteiger partial charge in [-0.2, -0.15) is 0 Å². The third-order valence-electron chi connectivity index (χ3n) is 7.07. The van der Waals surface area contributed by atoms with Crippen LogP contribution in [0.15, 0.2) is 22.8 Å². The highest BCUT2D eigenvalue weighted by Gasteiger charge is 2.57. The number of rotatable bonds is 6. The molecule has 0 aromatic rings. The van der Waals surface area contributed by atoms with Gasteiger partial charge in [0.2, 0.25) is 0 Å². The zero-order valence-electron chi connectivity index (χ0n) is 19.1. The van der Waals surface area contributed by atoms with E-state index in [2.05, 4.69) is 20.8 Å². The Kier molecular flexibility index (Phi) is 7.37. The summed E-state index contributed by atoms with van der Waals surface area (Å²) in [6.07, 6.45) is 5.60. The number of allylic oxidation sites excluding steroid dienone is 2. The Labute approximate surface area is 175 Å². The summed E-state index contributed by atoms with van der Waals surface area (Å²) in [5, 5.41) is 11.3. The maximum atomic E-state index is 11.7. The summed E-state index contributed by atoms with van der Waals surface area (Å²) in [6, 6.07) is 0. The van der Waals surface area contributed by atoms with Crippen LogP contribution in [0.2, 0.25) is 0 Å². The second-order valence-electron chi connectivity index (χ2n) is 9.77. The van der Waals surface area contributed by atoms with Crippen LogP contribution < -0.4 is 0 Å². The van der Waals surface area contributed by atoms with E-state index in [4.69, 9.17) is 9.47 Å². The number of aliphatic hydroxyl groups is 1. The van der Waals surface area contributed by atoms with E-state index in [1.54, 1.807) is 0 Å². The van der Waals surface area contributed by atoms with Crippen LogP contribution in [0, 0.1) is 16.7 Å². The number of fused-ring (bicyclic) bond motifs is 1. The summed E-state index contributed by atoms with van der Waals surface area (Å²) in [5.41, 5.74) is 3.33. The number of ether oxygens (including phenoxy) is 2. The molecule has 4 atom stereocenters. The third kappa shape index (κ3) is 5.11. The normalized spacial score (nSPS) is 31.9. The maximum Gasteiger partial charge on any atom is 0.303 e. The summed E-state index contributed by atoms with van der Waals surface area (Å²) in [7, 11) is 0. The molecule has 1 saturated carbocycles. The summed E-state index contributed by atoms with van der Waals surface area (Å²) < 4.78 is 10.6. The van der Waals surface area contributed by atoms with Crippen molar-refractivity contribution in [1.82, 2.24) is 0 Å².